The second-order valence-electron chi connectivity index (χ2n) is 8.31. The van der Waals surface area contributed by atoms with Gasteiger partial charge in [0.25, 0.3) is 0 Å². The molecule has 3 heterocycles. The van der Waals surface area contributed by atoms with E-state index in [4.69, 9.17) is 20.9 Å². The van der Waals surface area contributed by atoms with E-state index in [1.807, 2.05) is 66.7 Å². The maximum atomic E-state index is 7.00. The van der Waals surface area contributed by atoms with E-state index < -0.39 is 5.60 Å². The Labute approximate surface area is 184 Å². The molecule has 7 rings (SSSR count). The van der Waals surface area contributed by atoms with Crippen LogP contribution in [0.4, 0.5) is 11.4 Å². The number of H-pyrrole nitrogens is 1. The summed E-state index contributed by atoms with van der Waals surface area (Å²) in [5.74, 6) is 2.18. The number of benzene rings is 4. The standard InChI is InChI=1S/C27H19N3O2/c28-15-10-12-23-20(13-15)27(19-11-9-16(29)14-24(19)31-23)25-17-5-1-3-7-21(17)30-26(25)18-6-2-4-8-22(18)32-27/h1-14,30H,28-29H2. The molecule has 5 N–H and O–H groups in total. The molecular formula is C27H19N3O2. The summed E-state index contributed by atoms with van der Waals surface area (Å²) in [6.45, 7) is 0. The summed E-state index contributed by atoms with van der Waals surface area (Å²) in [4.78, 5) is 3.65. The highest BCUT2D eigenvalue weighted by molar-refractivity contribution is 5.96. The van der Waals surface area contributed by atoms with E-state index >= 15 is 0 Å². The van der Waals surface area contributed by atoms with Gasteiger partial charge in [0.05, 0.1) is 5.69 Å². The summed E-state index contributed by atoms with van der Waals surface area (Å²) in [6.07, 6.45) is 0. The van der Waals surface area contributed by atoms with Crippen molar-refractivity contribution in [2.75, 3.05) is 11.5 Å². The van der Waals surface area contributed by atoms with Crippen molar-refractivity contribution in [2.45, 2.75) is 5.60 Å². The number of hydrogen-bond donors (Lipinski definition) is 3. The first-order valence-corrected chi connectivity index (χ1v) is 10.5. The number of nitrogen functional groups attached to an aromatic ring is 2. The molecule has 0 saturated heterocycles. The van der Waals surface area contributed by atoms with E-state index in [9.17, 15) is 0 Å². The third kappa shape index (κ3) is 2.07. The fourth-order valence-electron chi connectivity index (χ4n) is 5.16. The number of hydrogen-bond acceptors (Lipinski definition) is 4. The van der Waals surface area contributed by atoms with Crippen molar-refractivity contribution >= 4 is 22.3 Å². The molecule has 5 heteroatoms. The lowest BCUT2D eigenvalue weighted by Gasteiger charge is -2.43. The molecule has 0 radical (unpaired) electrons. The van der Waals surface area contributed by atoms with Crippen LogP contribution in [0, 0.1) is 0 Å². The molecule has 2 aliphatic heterocycles. The van der Waals surface area contributed by atoms with Crippen LogP contribution < -0.4 is 20.9 Å². The quantitative estimate of drug-likeness (QED) is 0.278. The van der Waals surface area contributed by atoms with Crippen molar-refractivity contribution in [1.29, 1.82) is 0 Å². The van der Waals surface area contributed by atoms with Gasteiger partial charge in [0.15, 0.2) is 5.60 Å². The molecule has 5 nitrogen and oxygen atoms in total. The molecule has 5 aromatic rings. The van der Waals surface area contributed by atoms with Gasteiger partial charge in [0.2, 0.25) is 0 Å². The fraction of sp³-hybridized carbons (Fsp3) is 0.0370. The minimum Gasteiger partial charge on any atom is -0.472 e. The van der Waals surface area contributed by atoms with Crippen molar-refractivity contribution in [3.05, 3.63) is 102 Å². The summed E-state index contributed by atoms with van der Waals surface area (Å²) < 4.78 is 13.3. The summed E-state index contributed by atoms with van der Waals surface area (Å²) in [5.41, 5.74) is 18.7. The lowest BCUT2D eigenvalue weighted by atomic mass is 9.74. The van der Waals surface area contributed by atoms with Crippen LogP contribution >= 0.6 is 0 Å². The van der Waals surface area contributed by atoms with E-state index in [0.29, 0.717) is 22.9 Å². The van der Waals surface area contributed by atoms with E-state index in [1.54, 1.807) is 0 Å². The first-order valence-electron chi connectivity index (χ1n) is 10.5. The van der Waals surface area contributed by atoms with Crippen LogP contribution in [0.3, 0.4) is 0 Å². The summed E-state index contributed by atoms with van der Waals surface area (Å²) in [7, 11) is 0. The van der Waals surface area contributed by atoms with E-state index in [-0.39, 0.29) is 0 Å². The molecule has 4 aromatic carbocycles. The van der Waals surface area contributed by atoms with E-state index in [1.165, 1.54) is 0 Å². The number of nitrogens with two attached hydrogens (primary N) is 2. The van der Waals surface area contributed by atoms with Gasteiger partial charge in [-0.25, -0.2) is 0 Å². The Balaban J connectivity index is 1.70. The lowest BCUT2D eigenvalue weighted by Crippen LogP contribution is -2.40. The fourth-order valence-corrected chi connectivity index (χ4v) is 5.16. The second-order valence-corrected chi connectivity index (χ2v) is 8.31. The molecule has 0 fully saturated rings. The Morgan fingerprint density at radius 2 is 1.47 bits per heavy atom. The highest BCUT2D eigenvalue weighted by Crippen LogP contribution is 2.59. The lowest BCUT2D eigenvalue weighted by molar-refractivity contribution is 0.139. The number of anilines is 2. The van der Waals surface area contributed by atoms with Crippen molar-refractivity contribution < 1.29 is 9.47 Å². The van der Waals surface area contributed by atoms with Crippen molar-refractivity contribution in [1.82, 2.24) is 4.98 Å². The second kappa shape index (κ2) is 5.86. The van der Waals surface area contributed by atoms with Gasteiger partial charge >= 0.3 is 0 Å². The Morgan fingerprint density at radius 1 is 0.688 bits per heavy atom. The van der Waals surface area contributed by atoms with Gasteiger partial charge in [0, 0.05) is 50.6 Å². The molecule has 1 atom stereocenters. The zero-order valence-electron chi connectivity index (χ0n) is 17.1. The van der Waals surface area contributed by atoms with Crippen LogP contribution in [0.25, 0.3) is 22.2 Å². The van der Waals surface area contributed by atoms with Crippen LogP contribution in [-0.4, -0.2) is 4.98 Å². The number of para-hydroxylation sites is 2. The SMILES string of the molecule is Nc1ccc2c(c1)Oc1ccc(N)cc1C21Oc2ccccc2-c2[nH]c3ccccc3c21. The van der Waals surface area contributed by atoms with Gasteiger partial charge in [-0.15, -0.1) is 0 Å². The zero-order valence-corrected chi connectivity index (χ0v) is 17.1. The van der Waals surface area contributed by atoms with Crippen molar-refractivity contribution in [2.24, 2.45) is 0 Å². The van der Waals surface area contributed by atoms with Crippen molar-refractivity contribution in [3.63, 3.8) is 0 Å². The average Bonchev–Trinajstić information content (AvgIpc) is 3.20. The highest BCUT2D eigenvalue weighted by Gasteiger charge is 2.52. The topological polar surface area (TPSA) is 86.3 Å². The number of fused-ring (bicyclic) bond motifs is 10. The molecule has 0 aliphatic carbocycles. The van der Waals surface area contributed by atoms with Crippen LogP contribution in [0.5, 0.6) is 17.2 Å². The maximum absolute atomic E-state index is 7.00. The zero-order chi connectivity index (χ0) is 21.4. The highest BCUT2D eigenvalue weighted by atomic mass is 16.5. The van der Waals surface area contributed by atoms with Gasteiger partial charge in [-0.3, -0.25) is 0 Å². The van der Waals surface area contributed by atoms with Gasteiger partial charge < -0.3 is 25.9 Å². The van der Waals surface area contributed by atoms with Gasteiger partial charge in [-0.1, -0.05) is 30.3 Å². The van der Waals surface area contributed by atoms with E-state index in [0.717, 1.165) is 44.6 Å². The van der Waals surface area contributed by atoms with Gasteiger partial charge in [-0.05, 0) is 48.5 Å². The number of nitrogens with one attached hydrogen (secondary N) is 1. The third-order valence-electron chi connectivity index (χ3n) is 6.47. The van der Waals surface area contributed by atoms with Gasteiger partial charge in [0.1, 0.15) is 17.2 Å². The molecule has 0 saturated carbocycles. The first kappa shape index (κ1) is 17.3. The molecule has 1 spiro atoms. The van der Waals surface area contributed by atoms with Crippen molar-refractivity contribution in [3.8, 4) is 28.5 Å². The predicted molar refractivity (Wildman–Crippen MR) is 126 cm³/mol. The molecule has 32 heavy (non-hydrogen) atoms. The summed E-state index contributed by atoms with van der Waals surface area (Å²) >= 11 is 0. The number of aromatic nitrogens is 1. The average molecular weight is 417 g/mol. The Hall–Kier alpha value is -4.38. The minimum absolute atomic E-state index is 0.633. The number of ether oxygens (including phenoxy) is 2. The third-order valence-corrected chi connectivity index (χ3v) is 6.47. The normalized spacial score (nSPS) is 17.6. The first-order chi connectivity index (χ1) is 15.6. The largest absolute Gasteiger partial charge is 0.472 e. The molecule has 0 amide bonds. The monoisotopic (exact) mass is 417 g/mol. The maximum Gasteiger partial charge on any atom is 0.194 e. The number of rotatable bonds is 0. The van der Waals surface area contributed by atoms with Crippen LogP contribution in [0.15, 0.2) is 84.9 Å². The smallest absolute Gasteiger partial charge is 0.194 e. The molecule has 0 bridgehead atoms. The van der Waals surface area contributed by atoms with Gasteiger partial charge in [-0.2, -0.15) is 0 Å². The predicted octanol–water partition coefficient (Wildman–Crippen LogP) is 5.79. The Morgan fingerprint density at radius 3 is 2.41 bits per heavy atom. The van der Waals surface area contributed by atoms with Crippen LogP contribution in [0.2, 0.25) is 0 Å². The molecule has 154 valence electrons. The number of aromatic amines is 1. The van der Waals surface area contributed by atoms with Crippen LogP contribution in [0.1, 0.15) is 16.7 Å². The van der Waals surface area contributed by atoms with Crippen LogP contribution in [-0.2, 0) is 5.60 Å². The molecule has 1 aromatic heterocycles. The minimum atomic E-state index is -0.949. The summed E-state index contributed by atoms with van der Waals surface area (Å²) in [5, 5.41) is 1.09. The molecule has 1 unspecified atom stereocenters. The Bertz CT molecular complexity index is 1570. The Kier molecular flexibility index (Phi) is 3.17. The molecule has 2 aliphatic rings. The molecular weight excluding hydrogens is 398 g/mol. The van der Waals surface area contributed by atoms with E-state index in [2.05, 4.69) is 23.2 Å². The summed E-state index contributed by atoms with van der Waals surface area (Å²) in [6, 6.07) is 27.8.